The van der Waals surface area contributed by atoms with E-state index in [1.807, 2.05) is 48.5 Å². The highest BCUT2D eigenvalue weighted by atomic mass is 79.9. The Kier molecular flexibility index (Phi) is 5.45. The number of rotatable bonds is 6. The van der Waals surface area contributed by atoms with Gasteiger partial charge in [-0.2, -0.15) is 5.10 Å². The molecule has 24 heavy (non-hydrogen) atoms. The Labute approximate surface area is 152 Å². The van der Waals surface area contributed by atoms with Crippen LogP contribution in [0.15, 0.2) is 63.5 Å². The molecule has 7 heteroatoms. The van der Waals surface area contributed by atoms with Crippen molar-refractivity contribution in [3.8, 4) is 5.75 Å². The summed E-state index contributed by atoms with van der Waals surface area (Å²) in [5.74, 6) is 1.25. The first-order chi connectivity index (χ1) is 11.7. The number of hydrazone groups is 1. The van der Waals surface area contributed by atoms with Crippen LogP contribution in [0.25, 0.3) is 0 Å². The third-order valence-electron chi connectivity index (χ3n) is 3.11. The van der Waals surface area contributed by atoms with Crippen LogP contribution < -0.4 is 15.9 Å². The molecule has 2 aromatic carbocycles. The summed E-state index contributed by atoms with van der Waals surface area (Å²) < 4.78 is 6.95. The highest BCUT2D eigenvalue weighted by Crippen LogP contribution is 2.19. The van der Waals surface area contributed by atoms with Gasteiger partial charge in [0.15, 0.2) is 0 Å². The number of nitrogen functional groups attached to an aromatic ring is 1. The molecule has 122 valence electrons. The highest BCUT2D eigenvalue weighted by Gasteiger charge is 2.02. The van der Waals surface area contributed by atoms with E-state index in [-0.39, 0.29) is 0 Å². The molecule has 0 amide bonds. The summed E-state index contributed by atoms with van der Waals surface area (Å²) in [6.07, 6.45) is 1.70. The van der Waals surface area contributed by atoms with Gasteiger partial charge in [0.2, 0.25) is 5.13 Å². The van der Waals surface area contributed by atoms with Crippen molar-refractivity contribution in [3.05, 3.63) is 69.5 Å². The molecule has 3 N–H and O–H groups in total. The van der Waals surface area contributed by atoms with E-state index in [4.69, 9.17) is 10.5 Å². The molecule has 0 aliphatic rings. The van der Waals surface area contributed by atoms with Gasteiger partial charge in [0, 0.05) is 15.4 Å². The maximum absolute atomic E-state index is 5.90. The zero-order valence-electron chi connectivity index (χ0n) is 12.6. The monoisotopic (exact) mass is 402 g/mol. The van der Waals surface area contributed by atoms with Crippen LogP contribution in [0.4, 0.5) is 10.9 Å². The van der Waals surface area contributed by atoms with Gasteiger partial charge in [0.25, 0.3) is 0 Å². The molecule has 0 fully saturated rings. The van der Waals surface area contributed by atoms with Crippen molar-refractivity contribution in [3.63, 3.8) is 0 Å². The van der Waals surface area contributed by atoms with Gasteiger partial charge >= 0.3 is 0 Å². The number of hydrogen-bond donors (Lipinski definition) is 2. The summed E-state index contributed by atoms with van der Waals surface area (Å²) in [5.41, 5.74) is 10.4. The summed E-state index contributed by atoms with van der Waals surface area (Å²) in [4.78, 5) is 4.08. The minimum Gasteiger partial charge on any atom is -0.488 e. The molecule has 5 nitrogen and oxygen atoms in total. The number of thiazole rings is 1. The van der Waals surface area contributed by atoms with Crippen LogP contribution in [0.3, 0.4) is 0 Å². The highest BCUT2D eigenvalue weighted by molar-refractivity contribution is 9.10. The van der Waals surface area contributed by atoms with Crippen LogP contribution in [0.1, 0.15) is 11.1 Å². The summed E-state index contributed by atoms with van der Waals surface area (Å²) in [5, 5.41) is 6.59. The predicted octanol–water partition coefficient (Wildman–Crippen LogP) is 4.51. The van der Waals surface area contributed by atoms with E-state index in [2.05, 4.69) is 31.4 Å². The molecule has 1 heterocycles. The number of nitrogens with two attached hydrogens (primary N) is 1. The second-order valence-electron chi connectivity index (χ2n) is 4.90. The number of anilines is 2. The first-order valence-corrected chi connectivity index (χ1v) is 8.84. The molecule has 0 atom stereocenters. The van der Waals surface area contributed by atoms with E-state index in [0.717, 1.165) is 21.3 Å². The number of aromatic nitrogens is 1. The fourth-order valence-electron chi connectivity index (χ4n) is 1.95. The zero-order valence-corrected chi connectivity index (χ0v) is 15.0. The van der Waals surface area contributed by atoms with Crippen molar-refractivity contribution < 1.29 is 4.74 Å². The Balaban J connectivity index is 1.65. The van der Waals surface area contributed by atoms with Crippen molar-refractivity contribution in [2.75, 3.05) is 11.2 Å². The molecule has 0 aliphatic carbocycles. The molecular formula is C17H15BrN4OS. The van der Waals surface area contributed by atoms with Crippen LogP contribution in [-0.4, -0.2) is 11.2 Å². The predicted molar refractivity (Wildman–Crippen MR) is 103 cm³/mol. The third kappa shape index (κ3) is 4.56. The standard InChI is InChI=1S/C17H15BrN4OS/c18-14-7-5-12(6-8-14)10-23-15-4-2-1-3-13(15)9-20-22-17-21-16(19)11-24-17/h1-9,11H,10,19H2,(H,21,22). The summed E-state index contributed by atoms with van der Waals surface area (Å²) in [6, 6.07) is 15.8. The second-order valence-corrected chi connectivity index (χ2v) is 6.67. The molecule has 3 rings (SSSR count). The number of para-hydroxylation sites is 1. The molecule has 0 aliphatic heterocycles. The van der Waals surface area contributed by atoms with Crippen LogP contribution in [0.2, 0.25) is 0 Å². The van der Waals surface area contributed by atoms with E-state index in [9.17, 15) is 0 Å². The van der Waals surface area contributed by atoms with E-state index >= 15 is 0 Å². The molecule has 0 bridgehead atoms. The number of hydrogen-bond acceptors (Lipinski definition) is 6. The van der Waals surface area contributed by atoms with Gasteiger partial charge in [-0.05, 0) is 29.8 Å². The number of nitrogens with one attached hydrogen (secondary N) is 1. The van der Waals surface area contributed by atoms with E-state index in [1.54, 1.807) is 11.6 Å². The molecular weight excluding hydrogens is 388 g/mol. The van der Waals surface area contributed by atoms with E-state index in [0.29, 0.717) is 17.6 Å². The number of nitrogens with zero attached hydrogens (tertiary/aromatic N) is 2. The largest absolute Gasteiger partial charge is 0.488 e. The average molecular weight is 403 g/mol. The lowest BCUT2D eigenvalue weighted by molar-refractivity contribution is 0.306. The van der Waals surface area contributed by atoms with Gasteiger partial charge in [-0.3, -0.25) is 5.43 Å². The lowest BCUT2D eigenvalue weighted by atomic mass is 10.2. The molecule has 1 aromatic heterocycles. The van der Waals surface area contributed by atoms with E-state index < -0.39 is 0 Å². The summed E-state index contributed by atoms with van der Waals surface area (Å²) in [7, 11) is 0. The number of ether oxygens (including phenoxy) is 1. The zero-order chi connectivity index (χ0) is 16.8. The smallest absolute Gasteiger partial charge is 0.205 e. The fourth-order valence-corrected chi connectivity index (χ4v) is 2.77. The normalized spacial score (nSPS) is 10.9. The van der Waals surface area contributed by atoms with Gasteiger partial charge < -0.3 is 10.5 Å². The molecule has 0 radical (unpaired) electrons. The molecule has 3 aromatic rings. The van der Waals surface area contributed by atoms with Gasteiger partial charge in [-0.15, -0.1) is 11.3 Å². The Morgan fingerprint density at radius 3 is 2.75 bits per heavy atom. The molecule has 0 unspecified atom stereocenters. The Morgan fingerprint density at radius 1 is 1.21 bits per heavy atom. The maximum atomic E-state index is 5.90. The average Bonchev–Trinajstić information content (AvgIpc) is 3.01. The van der Waals surface area contributed by atoms with Crippen LogP contribution in [-0.2, 0) is 6.61 Å². The van der Waals surface area contributed by atoms with Gasteiger partial charge in [0.05, 0.1) is 6.21 Å². The van der Waals surface area contributed by atoms with Gasteiger partial charge in [-0.25, -0.2) is 4.98 Å². The first-order valence-electron chi connectivity index (χ1n) is 7.17. The van der Waals surface area contributed by atoms with Crippen molar-refractivity contribution in [2.24, 2.45) is 5.10 Å². The van der Waals surface area contributed by atoms with Crippen molar-refractivity contribution in [1.29, 1.82) is 0 Å². The number of halogens is 1. The Hall–Kier alpha value is -2.38. The number of benzene rings is 2. The minimum absolute atomic E-state index is 0.482. The topological polar surface area (TPSA) is 72.5 Å². The minimum atomic E-state index is 0.482. The van der Waals surface area contributed by atoms with Crippen molar-refractivity contribution in [2.45, 2.75) is 6.61 Å². The van der Waals surface area contributed by atoms with E-state index in [1.165, 1.54) is 11.3 Å². The summed E-state index contributed by atoms with van der Waals surface area (Å²) >= 11 is 4.83. The Morgan fingerprint density at radius 2 is 2.00 bits per heavy atom. The second kappa shape index (κ2) is 7.94. The van der Waals surface area contributed by atoms with Gasteiger partial charge in [-0.1, -0.05) is 40.2 Å². The maximum Gasteiger partial charge on any atom is 0.205 e. The fraction of sp³-hybridized carbons (Fsp3) is 0.0588. The molecule has 0 spiro atoms. The summed E-state index contributed by atoms with van der Waals surface area (Å²) in [6.45, 7) is 0.495. The third-order valence-corrected chi connectivity index (χ3v) is 4.41. The van der Waals surface area contributed by atoms with Crippen LogP contribution >= 0.6 is 27.3 Å². The Bertz CT molecular complexity index is 833. The molecule has 0 saturated heterocycles. The van der Waals surface area contributed by atoms with Crippen LogP contribution in [0.5, 0.6) is 5.75 Å². The van der Waals surface area contributed by atoms with Crippen LogP contribution in [0, 0.1) is 0 Å². The van der Waals surface area contributed by atoms with Crippen molar-refractivity contribution in [1.82, 2.24) is 4.98 Å². The van der Waals surface area contributed by atoms with Crippen molar-refractivity contribution >= 4 is 44.4 Å². The van der Waals surface area contributed by atoms with Gasteiger partial charge in [0.1, 0.15) is 18.2 Å². The lowest BCUT2D eigenvalue weighted by Gasteiger charge is -2.09. The quantitative estimate of drug-likeness (QED) is 0.469. The SMILES string of the molecule is Nc1csc(NN=Cc2ccccc2OCc2ccc(Br)cc2)n1. The lowest BCUT2D eigenvalue weighted by Crippen LogP contribution is -1.99. The first kappa shape index (κ1) is 16.5. The molecule has 0 saturated carbocycles.